The second-order valence-corrected chi connectivity index (χ2v) is 4.51. The summed E-state index contributed by atoms with van der Waals surface area (Å²) in [6.45, 7) is 0.968. The number of halogens is 1. The number of carbonyl (C=O) groups is 1. The SMILES string of the molecule is O=C(NCCCO)NCCc1c[nH]c2ccc(F)cc12. The summed E-state index contributed by atoms with van der Waals surface area (Å²) in [5.41, 5.74) is 1.85. The number of hydrogen-bond donors (Lipinski definition) is 4. The minimum absolute atomic E-state index is 0.0567. The van der Waals surface area contributed by atoms with Gasteiger partial charge in [0, 0.05) is 36.8 Å². The molecule has 5 nitrogen and oxygen atoms in total. The predicted octanol–water partition coefficient (Wildman–Crippen LogP) is 1.53. The summed E-state index contributed by atoms with van der Waals surface area (Å²) >= 11 is 0. The number of urea groups is 1. The molecule has 6 heteroatoms. The van der Waals surface area contributed by atoms with E-state index < -0.39 is 0 Å². The molecule has 1 aromatic heterocycles. The van der Waals surface area contributed by atoms with Gasteiger partial charge in [0.05, 0.1) is 0 Å². The van der Waals surface area contributed by atoms with Crippen LogP contribution in [0.2, 0.25) is 0 Å². The van der Waals surface area contributed by atoms with Crippen molar-refractivity contribution in [2.24, 2.45) is 0 Å². The van der Waals surface area contributed by atoms with Crippen LogP contribution in [-0.2, 0) is 6.42 Å². The Hall–Kier alpha value is -2.08. The molecule has 0 bridgehead atoms. The number of aromatic amines is 1. The molecule has 0 aliphatic heterocycles. The summed E-state index contributed by atoms with van der Waals surface area (Å²) in [5, 5.41) is 14.8. The van der Waals surface area contributed by atoms with Gasteiger partial charge in [-0.3, -0.25) is 0 Å². The Bertz CT molecular complexity index is 583. The van der Waals surface area contributed by atoms with Gasteiger partial charge in [0.1, 0.15) is 5.82 Å². The quantitative estimate of drug-likeness (QED) is 0.605. The summed E-state index contributed by atoms with van der Waals surface area (Å²) < 4.78 is 13.2. The van der Waals surface area contributed by atoms with Gasteiger partial charge in [-0.1, -0.05) is 0 Å². The van der Waals surface area contributed by atoms with Crippen LogP contribution in [0.15, 0.2) is 24.4 Å². The van der Waals surface area contributed by atoms with Gasteiger partial charge in [0.2, 0.25) is 0 Å². The van der Waals surface area contributed by atoms with Crippen molar-refractivity contribution in [1.29, 1.82) is 0 Å². The van der Waals surface area contributed by atoms with Gasteiger partial charge in [-0.15, -0.1) is 0 Å². The number of rotatable bonds is 6. The van der Waals surface area contributed by atoms with Crippen molar-refractivity contribution >= 4 is 16.9 Å². The van der Waals surface area contributed by atoms with Gasteiger partial charge < -0.3 is 20.7 Å². The Labute approximate surface area is 116 Å². The van der Waals surface area contributed by atoms with E-state index in [2.05, 4.69) is 15.6 Å². The molecule has 2 aromatic rings. The Kier molecular flexibility index (Phi) is 4.95. The van der Waals surface area contributed by atoms with Gasteiger partial charge in [-0.2, -0.15) is 0 Å². The molecule has 1 heterocycles. The molecule has 0 fully saturated rings. The number of H-pyrrole nitrogens is 1. The van der Waals surface area contributed by atoms with Crippen molar-refractivity contribution in [3.05, 3.63) is 35.8 Å². The number of fused-ring (bicyclic) bond motifs is 1. The van der Waals surface area contributed by atoms with Crippen LogP contribution in [-0.4, -0.2) is 35.8 Å². The van der Waals surface area contributed by atoms with Gasteiger partial charge in [-0.25, -0.2) is 9.18 Å². The first-order valence-electron chi connectivity index (χ1n) is 6.59. The third kappa shape index (κ3) is 3.71. The highest BCUT2D eigenvalue weighted by molar-refractivity contribution is 5.83. The fourth-order valence-electron chi connectivity index (χ4n) is 2.01. The van der Waals surface area contributed by atoms with Crippen molar-refractivity contribution in [2.45, 2.75) is 12.8 Å². The molecule has 0 saturated carbocycles. The zero-order chi connectivity index (χ0) is 14.4. The number of amides is 2. The standard InChI is InChI=1S/C14H18FN3O2/c15-11-2-3-13-12(8-11)10(9-18-13)4-6-17-14(20)16-5-1-7-19/h2-3,8-9,18-19H,1,4-7H2,(H2,16,17,20). The maximum absolute atomic E-state index is 13.2. The molecule has 2 amide bonds. The average molecular weight is 279 g/mol. The first-order valence-corrected chi connectivity index (χ1v) is 6.59. The van der Waals surface area contributed by atoms with E-state index in [4.69, 9.17) is 5.11 Å². The number of aromatic nitrogens is 1. The van der Waals surface area contributed by atoms with E-state index in [9.17, 15) is 9.18 Å². The lowest BCUT2D eigenvalue weighted by atomic mass is 10.1. The summed E-state index contributed by atoms with van der Waals surface area (Å²) in [6, 6.07) is 4.34. The van der Waals surface area contributed by atoms with E-state index in [1.165, 1.54) is 12.1 Å². The van der Waals surface area contributed by atoms with Crippen molar-refractivity contribution in [3.8, 4) is 0 Å². The Morgan fingerprint density at radius 1 is 1.30 bits per heavy atom. The zero-order valence-corrected chi connectivity index (χ0v) is 11.1. The van der Waals surface area contributed by atoms with E-state index in [-0.39, 0.29) is 18.5 Å². The van der Waals surface area contributed by atoms with Crippen molar-refractivity contribution in [3.63, 3.8) is 0 Å². The monoisotopic (exact) mass is 279 g/mol. The van der Waals surface area contributed by atoms with E-state index in [1.54, 1.807) is 6.07 Å². The fraction of sp³-hybridized carbons (Fsp3) is 0.357. The van der Waals surface area contributed by atoms with Gasteiger partial charge >= 0.3 is 6.03 Å². The zero-order valence-electron chi connectivity index (χ0n) is 11.1. The molecule has 108 valence electrons. The number of benzene rings is 1. The first-order chi connectivity index (χ1) is 9.70. The summed E-state index contributed by atoms with van der Waals surface area (Å²) in [5.74, 6) is -0.270. The number of aliphatic hydroxyl groups excluding tert-OH is 1. The molecule has 0 unspecified atom stereocenters. The highest BCUT2D eigenvalue weighted by Gasteiger charge is 2.05. The van der Waals surface area contributed by atoms with Crippen LogP contribution in [0.3, 0.4) is 0 Å². The highest BCUT2D eigenvalue weighted by Crippen LogP contribution is 2.19. The molecular weight excluding hydrogens is 261 g/mol. The fourth-order valence-corrected chi connectivity index (χ4v) is 2.01. The lowest BCUT2D eigenvalue weighted by molar-refractivity contribution is 0.238. The van der Waals surface area contributed by atoms with Gasteiger partial charge in [0.25, 0.3) is 0 Å². The van der Waals surface area contributed by atoms with Gasteiger partial charge in [-0.05, 0) is 36.6 Å². The lowest BCUT2D eigenvalue weighted by Gasteiger charge is -2.06. The maximum Gasteiger partial charge on any atom is 0.314 e. The molecule has 0 atom stereocenters. The third-order valence-corrected chi connectivity index (χ3v) is 3.03. The smallest absolute Gasteiger partial charge is 0.314 e. The van der Waals surface area contributed by atoms with Crippen LogP contribution in [0, 0.1) is 5.82 Å². The largest absolute Gasteiger partial charge is 0.396 e. The Morgan fingerprint density at radius 3 is 2.90 bits per heavy atom. The second-order valence-electron chi connectivity index (χ2n) is 4.51. The molecule has 0 spiro atoms. The number of nitrogens with one attached hydrogen (secondary N) is 3. The van der Waals surface area contributed by atoms with Crippen LogP contribution < -0.4 is 10.6 Å². The van der Waals surface area contributed by atoms with E-state index in [1.807, 2.05) is 6.20 Å². The summed E-state index contributed by atoms with van der Waals surface area (Å²) in [6.07, 6.45) is 2.99. The lowest BCUT2D eigenvalue weighted by Crippen LogP contribution is -2.37. The number of aliphatic hydroxyl groups is 1. The van der Waals surface area contributed by atoms with Crippen molar-refractivity contribution in [2.75, 3.05) is 19.7 Å². The van der Waals surface area contributed by atoms with Crippen molar-refractivity contribution in [1.82, 2.24) is 15.6 Å². The molecule has 20 heavy (non-hydrogen) atoms. The first kappa shape index (κ1) is 14.3. The molecule has 0 saturated heterocycles. The van der Waals surface area contributed by atoms with Crippen LogP contribution in [0.5, 0.6) is 0 Å². The normalized spacial score (nSPS) is 10.7. The molecule has 0 radical (unpaired) electrons. The molecule has 4 N–H and O–H groups in total. The van der Waals surface area contributed by atoms with Crippen LogP contribution in [0.1, 0.15) is 12.0 Å². The summed E-state index contributed by atoms with van der Waals surface area (Å²) in [7, 11) is 0. The van der Waals surface area contributed by atoms with E-state index >= 15 is 0 Å². The van der Waals surface area contributed by atoms with E-state index in [0.29, 0.717) is 25.9 Å². The number of hydrogen-bond acceptors (Lipinski definition) is 2. The second kappa shape index (κ2) is 6.91. The molecular formula is C14H18FN3O2. The topological polar surface area (TPSA) is 77.2 Å². The maximum atomic E-state index is 13.2. The molecule has 0 aliphatic rings. The Balaban J connectivity index is 1.84. The molecule has 2 rings (SSSR count). The molecule has 1 aromatic carbocycles. The minimum Gasteiger partial charge on any atom is -0.396 e. The van der Waals surface area contributed by atoms with Crippen LogP contribution >= 0.6 is 0 Å². The molecule has 0 aliphatic carbocycles. The number of carbonyl (C=O) groups excluding carboxylic acids is 1. The predicted molar refractivity (Wildman–Crippen MR) is 75.1 cm³/mol. The summed E-state index contributed by atoms with van der Waals surface area (Å²) in [4.78, 5) is 14.5. The Morgan fingerprint density at radius 2 is 2.10 bits per heavy atom. The van der Waals surface area contributed by atoms with E-state index in [0.717, 1.165) is 16.5 Å². The average Bonchev–Trinajstić information content (AvgIpc) is 2.82. The minimum atomic E-state index is -0.270. The van der Waals surface area contributed by atoms with Crippen LogP contribution in [0.4, 0.5) is 9.18 Å². The van der Waals surface area contributed by atoms with Crippen molar-refractivity contribution < 1.29 is 14.3 Å². The van der Waals surface area contributed by atoms with Crippen LogP contribution in [0.25, 0.3) is 10.9 Å². The highest BCUT2D eigenvalue weighted by atomic mass is 19.1. The van der Waals surface area contributed by atoms with Gasteiger partial charge in [0.15, 0.2) is 0 Å². The third-order valence-electron chi connectivity index (χ3n) is 3.03.